The molecule has 1 amide bonds. The van der Waals surface area contributed by atoms with E-state index in [9.17, 15) is 18.0 Å². The zero-order valence-corrected chi connectivity index (χ0v) is 13.3. The minimum atomic E-state index is -4.50. The molecule has 2 aromatic heterocycles. The quantitative estimate of drug-likeness (QED) is 0.735. The van der Waals surface area contributed by atoms with Crippen LogP contribution in [-0.2, 0) is 19.3 Å². The number of aryl methyl sites for hydroxylation is 1. The number of aromatic nitrogens is 4. The molecule has 6 nitrogen and oxygen atoms in total. The third-order valence-electron chi connectivity index (χ3n) is 4.34. The van der Waals surface area contributed by atoms with E-state index in [1.165, 1.54) is 11.1 Å². The summed E-state index contributed by atoms with van der Waals surface area (Å²) in [5, 5.41) is 0. The highest BCUT2D eigenvalue weighted by Crippen LogP contribution is 2.30. The standard InChI is InChI=1S/C16H14F3N5O/c1-9-3-2-4-11-12(9)22-13(21-11)14(25)23-5-6-24-10(8-23)7-20-15(24)16(17,18)19/h2-4,7H,5-6,8H2,1H3,(H,21,22). The monoisotopic (exact) mass is 349 g/mol. The van der Waals surface area contributed by atoms with E-state index in [4.69, 9.17) is 0 Å². The first-order chi connectivity index (χ1) is 11.8. The van der Waals surface area contributed by atoms with Crippen LogP contribution in [0.3, 0.4) is 0 Å². The summed E-state index contributed by atoms with van der Waals surface area (Å²) in [5.74, 6) is -1.07. The molecule has 0 unspecified atom stereocenters. The van der Waals surface area contributed by atoms with Gasteiger partial charge in [0.2, 0.25) is 5.82 Å². The van der Waals surface area contributed by atoms with Crippen molar-refractivity contribution in [3.63, 3.8) is 0 Å². The van der Waals surface area contributed by atoms with E-state index in [1.54, 1.807) is 0 Å². The highest BCUT2D eigenvalue weighted by Gasteiger charge is 2.39. The van der Waals surface area contributed by atoms with Gasteiger partial charge in [-0.3, -0.25) is 4.79 Å². The van der Waals surface area contributed by atoms with E-state index >= 15 is 0 Å². The lowest BCUT2D eigenvalue weighted by atomic mass is 10.2. The predicted molar refractivity (Wildman–Crippen MR) is 82.8 cm³/mol. The first kappa shape index (κ1) is 15.7. The van der Waals surface area contributed by atoms with Gasteiger partial charge in [-0.2, -0.15) is 13.2 Å². The van der Waals surface area contributed by atoms with E-state index in [1.807, 2.05) is 25.1 Å². The van der Waals surface area contributed by atoms with E-state index < -0.39 is 12.0 Å². The minimum absolute atomic E-state index is 0.0508. The smallest absolute Gasteiger partial charge is 0.334 e. The van der Waals surface area contributed by atoms with Gasteiger partial charge in [0.1, 0.15) is 0 Å². The lowest BCUT2D eigenvalue weighted by Crippen LogP contribution is -2.39. The van der Waals surface area contributed by atoms with Gasteiger partial charge in [-0.05, 0) is 18.6 Å². The number of rotatable bonds is 1. The molecule has 3 aromatic rings. The van der Waals surface area contributed by atoms with Gasteiger partial charge in [0.25, 0.3) is 5.91 Å². The third kappa shape index (κ3) is 2.55. The van der Waals surface area contributed by atoms with Crippen molar-refractivity contribution in [3.8, 4) is 0 Å². The maximum absolute atomic E-state index is 12.9. The maximum atomic E-state index is 12.9. The fourth-order valence-electron chi connectivity index (χ4n) is 3.11. The number of H-pyrrole nitrogens is 1. The Balaban J connectivity index is 1.62. The van der Waals surface area contributed by atoms with Crippen LogP contribution in [-0.4, -0.2) is 36.9 Å². The molecule has 4 rings (SSSR count). The number of halogens is 3. The fraction of sp³-hybridized carbons (Fsp3) is 0.312. The minimum Gasteiger partial charge on any atom is -0.334 e. The zero-order chi connectivity index (χ0) is 17.8. The third-order valence-corrected chi connectivity index (χ3v) is 4.34. The number of nitrogens with one attached hydrogen (secondary N) is 1. The Kier molecular flexibility index (Phi) is 3.34. The molecule has 3 heterocycles. The van der Waals surface area contributed by atoms with Gasteiger partial charge in [0.05, 0.1) is 29.5 Å². The number of amides is 1. The van der Waals surface area contributed by atoms with Crippen molar-refractivity contribution in [1.82, 2.24) is 24.4 Å². The van der Waals surface area contributed by atoms with Crippen LogP contribution in [0.25, 0.3) is 11.0 Å². The van der Waals surface area contributed by atoms with E-state index in [0.29, 0.717) is 11.2 Å². The molecule has 0 aliphatic carbocycles. The number of nitrogens with zero attached hydrogens (tertiary/aromatic N) is 4. The molecule has 9 heteroatoms. The molecule has 1 N–H and O–H groups in total. The number of alkyl halides is 3. The summed E-state index contributed by atoms with van der Waals surface area (Å²) in [6.45, 7) is 2.18. The second-order valence-corrected chi connectivity index (χ2v) is 6.01. The summed E-state index contributed by atoms with van der Waals surface area (Å²) in [5.41, 5.74) is 2.77. The predicted octanol–water partition coefficient (Wildman–Crippen LogP) is 2.74. The second-order valence-electron chi connectivity index (χ2n) is 6.01. The lowest BCUT2D eigenvalue weighted by Gasteiger charge is -2.28. The van der Waals surface area contributed by atoms with Crippen LogP contribution in [0.2, 0.25) is 0 Å². The number of hydrogen-bond acceptors (Lipinski definition) is 3. The number of carbonyl (C=O) groups excluding carboxylic acids is 1. The Morgan fingerprint density at radius 1 is 1.28 bits per heavy atom. The normalized spacial score (nSPS) is 14.8. The molecule has 0 bridgehead atoms. The van der Waals surface area contributed by atoms with Crippen LogP contribution in [0.4, 0.5) is 13.2 Å². The molecule has 0 spiro atoms. The Morgan fingerprint density at radius 2 is 2.08 bits per heavy atom. The summed E-state index contributed by atoms with van der Waals surface area (Å²) in [4.78, 5) is 24.9. The van der Waals surface area contributed by atoms with Crippen LogP contribution in [0.1, 0.15) is 27.7 Å². The van der Waals surface area contributed by atoms with Crippen molar-refractivity contribution in [3.05, 3.63) is 47.3 Å². The summed E-state index contributed by atoms with van der Waals surface area (Å²) >= 11 is 0. The Labute approximate surface area is 140 Å². The molecule has 1 aliphatic heterocycles. The molecule has 0 atom stereocenters. The summed E-state index contributed by atoms with van der Waals surface area (Å²) in [6.07, 6.45) is -3.33. The molecule has 25 heavy (non-hydrogen) atoms. The Bertz CT molecular complexity index is 972. The zero-order valence-electron chi connectivity index (χ0n) is 13.3. The van der Waals surface area contributed by atoms with Gasteiger partial charge in [-0.1, -0.05) is 12.1 Å². The molecule has 1 aromatic carbocycles. The lowest BCUT2D eigenvalue weighted by molar-refractivity contribution is -0.147. The van der Waals surface area contributed by atoms with E-state index in [-0.39, 0.29) is 31.4 Å². The molecule has 1 aliphatic rings. The Hall–Kier alpha value is -2.84. The van der Waals surface area contributed by atoms with Crippen LogP contribution >= 0.6 is 0 Å². The summed E-state index contributed by atoms with van der Waals surface area (Å²) in [6, 6.07) is 5.59. The number of carbonyl (C=O) groups is 1. The highest BCUT2D eigenvalue weighted by molar-refractivity contribution is 5.94. The van der Waals surface area contributed by atoms with Crippen LogP contribution in [0, 0.1) is 6.92 Å². The molecule has 130 valence electrons. The number of benzene rings is 1. The first-order valence-corrected chi connectivity index (χ1v) is 7.71. The van der Waals surface area contributed by atoms with Crippen molar-refractivity contribution in [2.45, 2.75) is 26.2 Å². The van der Waals surface area contributed by atoms with Crippen molar-refractivity contribution in [1.29, 1.82) is 0 Å². The van der Waals surface area contributed by atoms with Gasteiger partial charge in [-0.15, -0.1) is 0 Å². The second kappa shape index (κ2) is 5.33. The van der Waals surface area contributed by atoms with Gasteiger partial charge in [0, 0.05) is 13.1 Å². The summed E-state index contributed by atoms with van der Waals surface area (Å²) in [7, 11) is 0. The largest absolute Gasteiger partial charge is 0.449 e. The molecule has 0 saturated carbocycles. The van der Waals surface area contributed by atoms with E-state index in [0.717, 1.165) is 15.6 Å². The van der Waals surface area contributed by atoms with Gasteiger partial charge >= 0.3 is 6.18 Å². The Morgan fingerprint density at radius 3 is 2.80 bits per heavy atom. The highest BCUT2D eigenvalue weighted by atomic mass is 19.4. The van der Waals surface area contributed by atoms with Crippen LogP contribution in [0.15, 0.2) is 24.4 Å². The van der Waals surface area contributed by atoms with Crippen LogP contribution in [0.5, 0.6) is 0 Å². The number of aromatic amines is 1. The number of hydrogen-bond donors (Lipinski definition) is 1. The molecule has 0 radical (unpaired) electrons. The summed E-state index contributed by atoms with van der Waals surface area (Å²) < 4.78 is 39.8. The first-order valence-electron chi connectivity index (χ1n) is 7.71. The average molecular weight is 349 g/mol. The van der Waals surface area contributed by atoms with Gasteiger partial charge in [-0.25, -0.2) is 9.97 Å². The molecule has 0 saturated heterocycles. The molecular formula is C16H14F3N5O. The van der Waals surface area contributed by atoms with Crippen LogP contribution < -0.4 is 0 Å². The number of para-hydroxylation sites is 1. The topological polar surface area (TPSA) is 66.8 Å². The SMILES string of the molecule is Cc1cccc2[nH]c(C(=O)N3CCn4c(cnc4C(F)(F)F)C3)nc12. The average Bonchev–Trinajstić information content (AvgIpc) is 3.17. The maximum Gasteiger partial charge on any atom is 0.449 e. The van der Waals surface area contributed by atoms with Gasteiger partial charge in [0.15, 0.2) is 5.82 Å². The molecule has 0 fully saturated rings. The number of fused-ring (bicyclic) bond motifs is 2. The number of imidazole rings is 2. The van der Waals surface area contributed by atoms with E-state index in [2.05, 4.69) is 15.0 Å². The fourth-order valence-corrected chi connectivity index (χ4v) is 3.11. The van der Waals surface area contributed by atoms with Gasteiger partial charge < -0.3 is 14.5 Å². The van der Waals surface area contributed by atoms with Crippen molar-refractivity contribution in [2.24, 2.45) is 0 Å². The van der Waals surface area contributed by atoms with Crippen molar-refractivity contribution in [2.75, 3.05) is 6.54 Å². The van der Waals surface area contributed by atoms with Crippen molar-refractivity contribution < 1.29 is 18.0 Å². The molecular weight excluding hydrogens is 335 g/mol. The van der Waals surface area contributed by atoms with Crippen molar-refractivity contribution >= 4 is 16.9 Å².